The largest absolute Gasteiger partial charge is 0.384 e. The molecule has 4 nitrogen and oxygen atoms in total. The number of rotatable bonds is 3. The number of aromatic nitrogens is 1. The summed E-state index contributed by atoms with van der Waals surface area (Å²) in [5.74, 6) is 0.0669. The van der Waals surface area contributed by atoms with Gasteiger partial charge in [0.1, 0.15) is 0 Å². The lowest BCUT2D eigenvalue weighted by atomic mass is 10.00. The van der Waals surface area contributed by atoms with Crippen LogP contribution in [0.3, 0.4) is 0 Å². The number of hydrogen-bond donors (Lipinski definition) is 1. The number of nitrogens with one attached hydrogen (secondary N) is 1. The molecular formula is C16H17N3O. The van der Waals surface area contributed by atoms with Gasteiger partial charge in [0.05, 0.1) is 5.92 Å². The van der Waals surface area contributed by atoms with Crippen LogP contribution >= 0.6 is 0 Å². The molecule has 0 radical (unpaired) electrons. The predicted octanol–water partition coefficient (Wildman–Crippen LogP) is 2.25. The van der Waals surface area contributed by atoms with Gasteiger partial charge >= 0.3 is 0 Å². The average molecular weight is 267 g/mol. The standard InChI is InChI=1S/C16H17N3O/c1-19(11-12-6-8-17-9-7-12)16(20)14-10-18-15-5-3-2-4-13(14)15/h2-9,14,18H,10-11H2,1H3. The highest BCUT2D eigenvalue weighted by atomic mass is 16.2. The Kier molecular flexibility index (Phi) is 3.37. The molecule has 20 heavy (non-hydrogen) atoms. The Morgan fingerprint density at radius 2 is 2.05 bits per heavy atom. The molecule has 1 aliphatic rings. The summed E-state index contributed by atoms with van der Waals surface area (Å²) in [6.45, 7) is 1.29. The third-order valence-electron chi connectivity index (χ3n) is 3.68. The van der Waals surface area contributed by atoms with Gasteiger partial charge in [-0.15, -0.1) is 0 Å². The van der Waals surface area contributed by atoms with Crippen LogP contribution < -0.4 is 5.32 Å². The van der Waals surface area contributed by atoms with E-state index in [9.17, 15) is 4.79 Å². The number of benzene rings is 1. The summed E-state index contributed by atoms with van der Waals surface area (Å²) >= 11 is 0. The van der Waals surface area contributed by atoms with Crippen molar-refractivity contribution in [2.45, 2.75) is 12.5 Å². The Hall–Kier alpha value is -2.36. The smallest absolute Gasteiger partial charge is 0.232 e. The number of hydrogen-bond acceptors (Lipinski definition) is 3. The van der Waals surface area contributed by atoms with Crippen molar-refractivity contribution in [1.82, 2.24) is 9.88 Å². The predicted molar refractivity (Wildman–Crippen MR) is 78.4 cm³/mol. The summed E-state index contributed by atoms with van der Waals surface area (Å²) in [5, 5.41) is 3.29. The van der Waals surface area contributed by atoms with Crippen LogP contribution in [-0.4, -0.2) is 29.4 Å². The van der Waals surface area contributed by atoms with Crippen molar-refractivity contribution >= 4 is 11.6 Å². The van der Waals surface area contributed by atoms with Gasteiger partial charge in [-0.05, 0) is 29.3 Å². The molecule has 2 aromatic rings. The van der Waals surface area contributed by atoms with Gasteiger partial charge in [-0.3, -0.25) is 9.78 Å². The van der Waals surface area contributed by atoms with Crippen LogP contribution in [0.2, 0.25) is 0 Å². The van der Waals surface area contributed by atoms with Crippen molar-refractivity contribution in [2.24, 2.45) is 0 Å². The highest BCUT2D eigenvalue weighted by molar-refractivity contribution is 5.88. The van der Waals surface area contributed by atoms with Crippen molar-refractivity contribution in [2.75, 3.05) is 18.9 Å². The molecule has 1 amide bonds. The Morgan fingerprint density at radius 1 is 1.30 bits per heavy atom. The van der Waals surface area contributed by atoms with E-state index in [2.05, 4.69) is 10.3 Å². The van der Waals surface area contributed by atoms with E-state index in [0.717, 1.165) is 16.8 Å². The van der Waals surface area contributed by atoms with Crippen molar-refractivity contribution in [3.63, 3.8) is 0 Å². The lowest BCUT2D eigenvalue weighted by molar-refractivity contribution is -0.131. The van der Waals surface area contributed by atoms with Gasteiger partial charge in [0.2, 0.25) is 5.91 Å². The Balaban J connectivity index is 1.74. The van der Waals surface area contributed by atoms with E-state index >= 15 is 0 Å². The van der Waals surface area contributed by atoms with Gasteiger partial charge in [0, 0.05) is 38.2 Å². The summed E-state index contributed by atoms with van der Waals surface area (Å²) in [5.41, 5.74) is 3.26. The molecule has 0 saturated carbocycles. The van der Waals surface area contributed by atoms with E-state index in [1.807, 2.05) is 43.4 Å². The average Bonchev–Trinajstić information content (AvgIpc) is 2.91. The first-order valence-electron chi connectivity index (χ1n) is 6.72. The molecule has 2 heterocycles. The number of nitrogens with zero attached hydrogens (tertiary/aromatic N) is 2. The second kappa shape index (κ2) is 5.33. The Labute approximate surface area is 118 Å². The van der Waals surface area contributed by atoms with Crippen molar-refractivity contribution in [3.8, 4) is 0 Å². The summed E-state index contributed by atoms with van der Waals surface area (Å²) in [7, 11) is 1.85. The summed E-state index contributed by atoms with van der Waals surface area (Å²) in [4.78, 5) is 18.4. The molecule has 0 fully saturated rings. The fraction of sp³-hybridized carbons (Fsp3) is 0.250. The van der Waals surface area contributed by atoms with Crippen LogP contribution in [-0.2, 0) is 11.3 Å². The zero-order valence-corrected chi connectivity index (χ0v) is 11.4. The van der Waals surface area contributed by atoms with Gasteiger partial charge in [-0.25, -0.2) is 0 Å². The minimum Gasteiger partial charge on any atom is -0.384 e. The van der Waals surface area contributed by atoms with E-state index in [4.69, 9.17) is 0 Å². The number of carbonyl (C=O) groups excluding carboxylic acids is 1. The number of para-hydroxylation sites is 1. The van der Waals surface area contributed by atoms with Gasteiger partial charge < -0.3 is 10.2 Å². The van der Waals surface area contributed by atoms with Gasteiger partial charge in [-0.1, -0.05) is 18.2 Å². The minimum atomic E-state index is -0.0852. The van der Waals surface area contributed by atoms with Crippen LogP contribution in [0.5, 0.6) is 0 Å². The fourth-order valence-electron chi connectivity index (χ4n) is 2.61. The quantitative estimate of drug-likeness (QED) is 0.927. The summed E-state index contributed by atoms with van der Waals surface area (Å²) < 4.78 is 0. The second-order valence-electron chi connectivity index (χ2n) is 5.07. The zero-order valence-electron chi connectivity index (χ0n) is 11.4. The number of carbonyl (C=O) groups is 1. The molecular weight excluding hydrogens is 250 g/mol. The Bertz CT molecular complexity index is 612. The minimum absolute atomic E-state index is 0.0852. The number of amides is 1. The molecule has 0 spiro atoms. The fourth-order valence-corrected chi connectivity index (χ4v) is 2.61. The van der Waals surface area contributed by atoms with Gasteiger partial charge in [-0.2, -0.15) is 0 Å². The number of fused-ring (bicyclic) bond motifs is 1. The number of likely N-dealkylation sites (N-methyl/N-ethyl adjacent to an activating group) is 1. The topological polar surface area (TPSA) is 45.2 Å². The molecule has 102 valence electrons. The first kappa shape index (κ1) is 12.7. The first-order chi connectivity index (χ1) is 9.75. The highest BCUT2D eigenvalue weighted by Crippen LogP contribution is 2.32. The number of anilines is 1. The van der Waals surface area contributed by atoms with E-state index in [-0.39, 0.29) is 11.8 Å². The Morgan fingerprint density at radius 3 is 2.85 bits per heavy atom. The highest BCUT2D eigenvalue weighted by Gasteiger charge is 2.30. The van der Waals surface area contributed by atoms with Crippen LogP contribution in [0.25, 0.3) is 0 Å². The second-order valence-corrected chi connectivity index (χ2v) is 5.07. The normalized spacial score (nSPS) is 16.4. The lowest BCUT2D eigenvalue weighted by Crippen LogP contribution is -2.32. The van der Waals surface area contributed by atoms with Gasteiger partial charge in [0.25, 0.3) is 0 Å². The van der Waals surface area contributed by atoms with Crippen molar-refractivity contribution in [3.05, 3.63) is 59.9 Å². The first-order valence-corrected chi connectivity index (χ1v) is 6.72. The molecule has 0 bridgehead atoms. The molecule has 0 aliphatic carbocycles. The molecule has 1 unspecified atom stereocenters. The molecule has 1 N–H and O–H groups in total. The molecule has 3 rings (SSSR count). The maximum absolute atomic E-state index is 12.6. The van der Waals surface area contributed by atoms with E-state index in [1.54, 1.807) is 17.3 Å². The zero-order chi connectivity index (χ0) is 13.9. The monoisotopic (exact) mass is 267 g/mol. The van der Waals surface area contributed by atoms with E-state index < -0.39 is 0 Å². The molecule has 1 aromatic heterocycles. The third kappa shape index (κ3) is 2.37. The summed E-state index contributed by atoms with van der Waals surface area (Å²) in [6, 6.07) is 11.9. The van der Waals surface area contributed by atoms with Crippen LogP contribution in [0, 0.1) is 0 Å². The maximum atomic E-state index is 12.6. The summed E-state index contributed by atoms with van der Waals surface area (Å²) in [6.07, 6.45) is 3.50. The molecule has 4 heteroatoms. The third-order valence-corrected chi connectivity index (χ3v) is 3.68. The molecule has 1 atom stereocenters. The SMILES string of the molecule is CN(Cc1ccncc1)C(=O)C1CNc2ccccc21. The van der Waals surface area contributed by atoms with Gasteiger partial charge in [0.15, 0.2) is 0 Å². The maximum Gasteiger partial charge on any atom is 0.232 e. The van der Waals surface area contributed by atoms with E-state index in [0.29, 0.717) is 13.1 Å². The van der Waals surface area contributed by atoms with Crippen molar-refractivity contribution in [1.29, 1.82) is 0 Å². The molecule has 1 aromatic carbocycles. The van der Waals surface area contributed by atoms with Crippen LogP contribution in [0.15, 0.2) is 48.8 Å². The lowest BCUT2D eigenvalue weighted by Gasteiger charge is -2.21. The molecule has 1 aliphatic heterocycles. The van der Waals surface area contributed by atoms with E-state index in [1.165, 1.54) is 0 Å². The number of pyridine rings is 1. The van der Waals surface area contributed by atoms with Crippen LogP contribution in [0.1, 0.15) is 17.0 Å². The molecule has 0 saturated heterocycles. The van der Waals surface area contributed by atoms with Crippen LogP contribution in [0.4, 0.5) is 5.69 Å². The van der Waals surface area contributed by atoms with Crippen molar-refractivity contribution < 1.29 is 4.79 Å².